The van der Waals surface area contributed by atoms with Crippen LogP contribution in [0.15, 0.2) is 79.5 Å². The Labute approximate surface area is 229 Å². The second-order valence-corrected chi connectivity index (χ2v) is 10.4. The average Bonchev–Trinajstić information content (AvgIpc) is 3.12. The van der Waals surface area contributed by atoms with Gasteiger partial charge in [0.25, 0.3) is 5.91 Å². The summed E-state index contributed by atoms with van der Waals surface area (Å²) in [4.78, 5) is 30.4. The first-order valence-corrected chi connectivity index (χ1v) is 13.0. The molecule has 1 fully saturated rings. The number of ether oxygens (including phenoxy) is 2. The maximum Gasteiger partial charge on any atom is 0.335 e. The molecule has 184 valence electrons. The Bertz CT molecular complexity index is 1370. The highest BCUT2D eigenvalue weighted by Crippen LogP contribution is 2.39. The fourth-order valence-corrected chi connectivity index (χ4v) is 5.12. The van der Waals surface area contributed by atoms with Crippen LogP contribution in [0.4, 0.5) is 5.69 Å². The zero-order chi connectivity index (χ0) is 25.8. The zero-order valence-corrected chi connectivity index (χ0v) is 23.2. The highest BCUT2D eigenvalue weighted by atomic mass is 79.9. The van der Waals surface area contributed by atoms with Crippen molar-refractivity contribution in [1.29, 1.82) is 0 Å². The van der Waals surface area contributed by atoms with Gasteiger partial charge in [0.15, 0.2) is 16.7 Å². The van der Waals surface area contributed by atoms with Crippen LogP contribution in [0, 0.1) is 0 Å². The SMILES string of the molecule is COc1cc(C=C2SC(=Nc3ccc(C(=O)O)cc3)N(C)C2=O)cc(Br)c1OCc1ccc(Br)cc1. The van der Waals surface area contributed by atoms with E-state index in [-0.39, 0.29) is 11.5 Å². The van der Waals surface area contributed by atoms with Crippen molar-refractivity contribution < 1.29 is 24.2 Å². The number of thioether (sulfide) groups is 1. The monoisotopic (exact) mass is 630 g/mol. The molecule has 1 N–H and O–H groups in total. The van der Waals surface area contributed by atoms with Gasteiger partial charge in [0.1, 0.15) is 6.61 Å². The first kappa shape index (κ1) is 26.0. The number of carbonyl (C=O) groups excluding carboxylic acids is 1. The Balaban J connectivity index is 1.55. The Kier molecular flexibility index (Phi) is 8.17. The third kappa shape index (κ3) is 6.00. The largest absolute Gasteiger partial charge is 0.493 e. The number of hydrogen-bond acceptors (Lipinski definition) is 6. The summed E-state index contributed by atoms with van der Waals surface area (Å²) in [5.41, 5.74) is 2.50. The molecular formula is C26H20Br2N2O5S. The summed E-state index contributed by atoms with van der Waals surface area (Å²) in [6, 6.07) is 17.7. The van der Waals surface area contributed by atoms with Crippen LogP contribution in [-0.4, -0.2) is 41.2 Å². The number of nitrogens with zero attached hydrogens (tertiary/aromatic N) is 2. The van der Waals surface area contributed by atoms with Crippen LogP contribution in [0.5, 0.6) is 11.5 Å². The van der Waals surface area contributed by atoms with Crippen molar-refractivity contribution in [2.75, 3.05) is 14.2 Å². The number of amidine groups is 1. The van der Waals surface area contributed by atoms with Crippen LogP contribution in [0.1, 0.15) is 21.5 Å². The quantitative estimate of drug-likeness (QED) is 0.291. The maximum absolute atomic E-state index is 12.9. The van der Waals surface area contributed by atoms with Crippen LogP contribution in [0.2, 0.25) is 0 Å². The van der Waals surface area contributed by atoms with Crippen molar-refractivity contribution in [2.24, 2.45) is 4.99 Å². The smallest absolute Gasteiger partial charge is 0.335 e. The van der Waals surface area contributed by atoms with E-state index in [4.69, 9.17) is 14.6 Å². The zero-order valence-electron chi connectivity index (χ0n) is 19.2. The standard InChI is InChI=1S/C26H20Br2N2O5S/c1-30-24(31)22(36-26(30)29-19-9-5-17(6-10-19)25(32)33)13-16-11-20(28)23(21(12-16)34-2)35-14-15-3-7-18(27)8-4-15/h3-13H,14H2,1-2H3,(H,32,33). The number of amides is 1. The number of aromatic carboxylic acids is 1. The van der Waals surface area contributed by atoms with Gasteiger partial charge in [0.05, 0.1) is 27.7 Å². The number of carboxylic acids is 1. The van der Waals surface area contributed by atoms with E-state index in [1.54, 1.807) is 32.4 Å². The minimum atomic E-state index is -1.01. The third-order valence-corrected chi connectivity index (χ3v) is 7.37. The fourth-order valence-electron chi connectivity index (χ4n) is 3.29. The molecule has 3 aromatic rings. The first-order valence-electron chi connectivity index (χ1n) is 10.6. The number of hydrogen-bond donors (Lipinski definition) is 1. The van der Waals surface area contributed by atoms with Gasteiger partial charge in [-0.15, -0.1) is 0 Å². The number of aliphatic imine (C=N–C) groups is 1. The van der Waals surface area contributed by atoms with Crippen molar-refractivity contribution in [2.45, 2.75) is 6.61 Å². The van der Waals surface area contributed by atoms with Crippen LogP contribution in [0.25, 0.3) is 6.08 Å². The van der Waals surface area contributed by atoms with E-state index in [0.29, 0.717) is 38.3 Å². The molecule has 0 aliphatic carbocycles. The lowest BCUT2D eigenvalue weighted by atomic mass is 10.1. The number of rotatable bonds is 7. The van der Waals surface area contributed by atoms with Gasteiger partial charge in [-0.2, -0.15) is 0 Å². The molecule has 0 bridgehead atoms. The van der Waals surface area contributed by atoms with E-state index < -0.39 is 5.97 Å². The highest BCUT2D eigenvalue weighted by molar-refractivity contribution is 9.10. The van der Waals surface area contributed by atoms with Crippen molar-refractivity contribution in [3.8, 4) is 11.5 Å². The molecule has 0 spiro atoms. The molecular weight excluding hydrogens is 612 g/mol. The van der Waals surface area contributed by atoms with Gasteiger partial charge in [-0.1, -0.05) is 28.1 Å². The normalized spacial score (nSPS) is 15.6. The number of halogens is 2. The van der Waals surface area contributed by atoms with Crippen LogP contribution < -0.4 is 9.47 Å². The van der Waals surface area contributed by atoms with Crippen molar-refractivity contribution >= 4 is 72.4 Å². The van der Waals surface area contributed by atoms with Crippen molar-refractivity contribution in [1.82, 2.24) is 4.90 Å². The molecule has 0 atom stereocenters. The molecule has 1 saturated heterocycles. The molecule has 1 aliphatic heterocycles. The minimum absolute atomic E-state index is 0.173. The van der Waals surface area contributed by atoms with Crippen LogP contribution in [0.3, 0.4) is 0 Å². The molecule has 36 heavy (non-hydrogen) atoms. The number of likely N-dealkylation sites (N-methyl/N-ethyl adjacent to an activating group) is 1. The Morgan fingerprint density at radius 2 is 1.81 bits per heavy atom. The molecule has 4 rings (SSSR count). The van der Waals surface area contributed by atoms with Gasteiger partial charge in [0, 0.05) is 11.5 Å². The Hall–Kier alpha value is -3.08. The highest BCUT2D eigenvalue weighted by Gasteiger charge is 2.30. The van der Waals surface area contributed by atoms with Gasteiger partial charge >= 0.3 is 5.97 Å². The Morgan fingerprint density at radius 3 is 2.44 bits per heavy atom. The summed E-state index contributed by atoms with van der Waals surface area (Å²) >= 11 is 8.23. The first-order chi connectivity index (χ1) is 17.2. The number of carboxylic acid groups (broad SMARTS) is 1. The summed E-state index contributed by atoms with van der Waals surface area (Å²) in [7, 11) is 3.21. The van der Waals surface area contributed by atoms with E-state index in [1.165, 1.54) is 28.8 Å². The van der Waals surface area contributed by atoms with Gasteiger partial charge in [-0.05, 0) is 93.4 Å². The molecule has 10 heteroatoms. The summed E-state index contributed by atoms with van der Waals surface area (Å²) in [6.07, 6.45) is 1.77. The lowest BCUT2D eigenvalue weighted by Gasteiger charge is -2.14. The molecule has 1 heterocycles. The van der Waals surface area contributed by atoms with Crippen molar-refractivity contribution in [3.05, 3.63) is 91.2 Å². The molecule has 1 aliphatic rings. The average molecular weight is 632 g/mol. The fraction of sp³-hybridized carbons (Fsp3) is 0.115. The number of methoxy groups -OCH3 is 1. The summed E-state index contributed by atoms with van der Waals surface area (Å²) in [5, 5.41) is 9.55. The maximum atomic E-state index is 12.9. The van der Waals surface area contributed by atoms with Gasteiger partial charge in [0.2, 0.25) is 0 Å². The number of benzene rings is 3. The van der Waals surface area contributed by atoms with Gasteiger partial charge in [-0.3, -0.25) is 9.69 Å². The Morgan fingerprint density at radius 1 is 1.11 bits per heavy atom. The van der Waals surface area contributed by atoms with Crippen LogP contribution in [-0.2, 0) is 11.4 Å². The molecule has 0 radical (unpaired) electrons. The van der Waals surface area contributed by atoms with E-state index >= 15 is 0 Å². The topological polar surface area (TPSA) is 88.4 Å². The second kappa shape index (κ2) is 11.3. The van der Waals surface area contributed by atoms with Crippen molar-refractivity contribution in [3.63, 3.8) is 0 Å². The molecule has 1 amide bonds. The summed E-state index contributed by atoms with van der Waals surface area (Å²) in [5.74, 6) is -0.0958. The second-order valence-electron chi connectivity index (χ2n) is 7.67. The third-order valence-electron chi connectivity index (χ3n) is 5.19. The van der Waals surface area contributed by atoms with Gasteiger partial charge < -0.3 is 14.6 Å². The molecule has 0 saturated carbocycles. The molecule has 7 nitrogen and oxygen atoms in total. The minimum Gasteiger partial charge on any atom is -0.493 e. The van der Waals surface area contributed by atoms with E-state index in [0.717, 1.165) is 15.6 Å². The summed E-state index contributed by atoms with van der Waals surface area (Å²) < 4.78 is 13.3. The molecule has 0 unspecified atom stereocenters. The van der Waals surface area contributed by atoms with E-state index in [2.05, 4.69) is 36.9 Å². The van der Waals surface area contributed by atoms with E-state index in [9.17, 15) is 9.59 Å². The molecule has 3 aromatic carbocycles. The van der Waals surface area contributed by atoms with Gasteiger partial charge in [-0.25, -0.2) is 9.79 Å². The lowest BCUT2D eigenvalue weighted by Crippen LogP contribution is -2.23. The predicted molar refractivity (Wildman–Crippen MR) is 148 cm³/mol. The number of carbonyl (C=O) groups is 2. The lowest BCUT2D eigenvalue weighted by molar-refractivity contribution is -0.121. The van der Waals surface area contributed by atoms with Crippen LogP contribution >= 0.6 is 43.6 Å². The summed E-state index contributed by atoms with van der Waals surface area (Å²) in [6.45, 7) is 0.370. The predicted octanol–water partition coefficient (Wildman–Crippen LogP) is 6.73. The molecule has 0 aromatic heterocycles. The van der Waals surface area contributed by atoms with E-state index in [1.807, 2.05) is 36.4 Å².